The van der Waals surface area contributed by atoms with Crippen molar-refractivity contribution >= 4 is 7.74 Å². The Balaban J connectivity index is 2.14. The maximum absolute atomic E-state index is 6.42. The van der Waals surface area contributed by atoms with Gasteiger partial charge in [0.2, 0.25) is 0 Å². The van der Waals surface area contributed by atoms with E-state index in [9.17, 15) is 0 Å². The van der Waals surface area contributed by atoms with Crippen LogP contribution in [0.4, 0.5) is 0 Å². The summed E-state index contributed by atoms with van der Waals surface area (Å²) in [5.74, 6) is 0.595. The molecule has 0 saturated carbocycles. The molecular formula is C18H29O5P. The summed E-state index contributed by atoms with van der Waals surface area (Å²) in [5, 5.41) is 0. The van der Waals surface area contributed by atoms with E-state index in [1.54, 1.807) is 0 Å². The monoisotopic (exact) mass is 356 g/mol. The molecule has 5 nitrogen and oxygen atoms in total. The minimum absolute atomic E-state index is 0.595. The van der Waals surface area contributed by atoms with Crippen LogP contribution < -0.4 is 4.52 Å². The van der Waals surface area contributed by atoms with Gasteiger partial charge in [-0.2, -0.15) is 0 Å². The topological polar surface area (TPSA) is 46.2 Å². The van der Waals surface area contributed by atoms with Crippen molar-refractivity contribution in [1.29, 1.82) is 0 Å². The van der Waals surface area contributed by atoms with Crippen LogP contribution in [0.15, 0.2) is 30.3 Å². The van der Waals surface area contributed by atoms with E-state index in [0.29, 0.717) is 5.75 Å². The third kappa shape index (κ3) is 2.49. The second-order valence-corrected chi connectivity index (χ2v) is 11.0. The quantitative estimate of drug-likeness (QED) is 0.664. The van der Waals surface area contributed by atoms with Crippen LogP contribution in [0.2, 0.25) is 0 Å². The van der Waals surface area contributed by atoms with Crippen molar-refractivity contribution in [2.45, 2.75) is 77.8 Å². The number of para-hydroxylation sites is 1. The van der Waals surface area contributed by atoms with E-state index < -0.39 is 30.1 Å². The number of hydrogen-bond donors (Lipinski definition) is 0. The van der Waals surface area contributed by atoms with Gasteiger partial charge < -0.3 is 0 Å². The van der Waals surface area contributed by atoms with Crippen molar-refractivity contribution in [2.75, 3.05) is 0 Å². The summed E-state index contributed by atoms with van der Waals surface area (Å²) in [6.45, 7) is 15.7. The predicted molar refractivity (Wildman–Crippen MR) is 94.6 cm³/mol. The van der Waals surface area contributed by atoms with Crippen LogP contribution in [-0.2, 0) is 18.1 Å². The molecule has 2 saturated heterocycles. The van der Waals surface area contributed by atoms with Gasteiger partial charge in [0.1, 0.15) is 0 Å². The Morgan fingerprint density at radius 2 is 0.958 bits per heavy atom. The summed E-state index contributed by atoms with van der Waals surface area (Å²) < 4.78 is 32.0. The first-order valence-electron chi connectivity index (χ1n) is 8.34. The van der Waals surface area contributed by atoms with Crippen LogP contribution >= 0.6 is 7.74 Å². The molecule has 6 heteroatoms. The summed E-state index contributed by atoms with van der Waals surface area (Å²) in [5.41, 5.74) is -2.57. The number of rotatable bonds is 2. The maximum atomic E-state index is 6.42. The van der Waals surface area contributed by atoms with Crippen molar-refractivity contribution in [3.8, 4) is 5.75 Å². The van der Waals surface area contributed by atoms with Crippen LogP contribution in [0.5, 0.6) is 5.75 Å². The third-order valence-corrected chi connectivity index (χ3v) is 8.93. The average molecular weight is 356 g/mol. The fourth-order valence-electron chi connectivity index (χ4n) is 2.77. The van der Waals surface area contributed by atoms with E-state index in [1.807, 2.05) is 85.7 Å². The fourth-order valence-corrected chi connectivity index (χ4v) is 7.47. The zero-order chi connectivity index (χ0) is 18.1. The van der Waals surface area contributed by atoms with Crippen molar-refractivity contribution in [3.63, 3.8) is 0 Å². The van der Waals surface area contributed by atoms with E-state index >= 15 is 0 Å². The van der Waals surface area contributed by atoms with Crippen LogP contribution in [0.3, 0.4) is 0 Å². The van der Waals surface area contributed by atoms with Crippen molar-refractivity contribution in [2.24, 2.45) is 0 Å². The standard InChI is InChI=1S/C18H29O5P/c1-15(2)16(3,4)21-24(20-15,19-14-12-10-9-11-13-14)22-17(5,6)18(7,8)23-24/h9-13H,1-8H3. The Hall–Kier alpha value is -0.710. The van der Waals surface area contributed by atoms with Gasteiger partial charge in [0.25, 0.3) is 0 Å². The van der Waals surface area contributed by atoms with E-state index in [2.05, 4.69) is 0 Å². The molecule has 2 fully saturated rings. The van der Waals surface area contributed by atoms with E-state index in [0.717, 1.165) is 0 Å². The molecule has 0 bridgehead atoms. The second kappa shape index (κ2) is 4.72. The molecule has 0 atom stereocenters. The first-order chi connectivity index (χ1) is 10.7. The van der Waals surface area contributed by atoms with Gasteiger partial charge in [0.05, 0.1) is 0 Å². The van der Waals surface area contributed by atoms with Gasteiger partial charge >= 0.3 is 144 Å². The van der Waals surface area contributed by atoms with E-state index in [4.69, 9.17) is 22.6 Å². The molecule has 2 aliphatic heterocycles. The molecule has 1 aromatic rings. The average Bonchev–Trinajstić information content (AvgIpc) is 2.60. The van der Waals surface area contributed by atoms with Gasteiger partial charge in [-0.3, -0.25) is 0 Å². The SMILES string of the molecule is CC1(C)OP2(Oc3ccccc3)(OC1(C)C)OC(C)(C)C(C)(C)O2. The van der Waals surface area contributed by atoms with Crippen LogP contribution in [0.25, 0.3) is 0 Å². The summed E-state index contributed by atoms with van der Waals surface area (Å²) >= 11 is 0. The molecule has 0 amide bonds. The number of hydrogen-bond acceptors (Lipinski definition) is 5. The van der Waals surface area contributed by atoms with Gasteiger partial charge in [0, 0.05) is 0 Å². The number of benzene rings is 1. The molecule has 3 rings (SSSR count). The van der Waals surface area contributed by atoms with Crippen LogP contribution in [0.1, 0.15) is 55.4 Å². The molecule has 0 aromatic heterocycles. The third-order valence-electron chi connectivity index (χ3n) is 5.41. The summed E-state index contributed by atoms with van der Waals surface area (Å²) in [7, 11) is -4.30. The van der Waals surface area contributed by atoms with Crippen molar-refractivity contribution < 1.29 is 22.6 Å². The Labute approximate surface area is 144 Å². The molecule has 0 N–H and O–H groups in total. The van der Waals surface area contributed by atoms with Gasteiger partial charge in [0.15, 0.2) is 0 Å². The Bertz CT molecular complexity index is 575. The zero-order valence-electron chi connectivity index (χ0n) is 15.9. The minimum atomic E-state index is -4.30. The van der Waals surface area contributed by atoms with Crippen LogP contribution in [-0.4, -0.2) is 22.4 Å². The molecule has 136 valence electrons. The predicted octanol–water partition coefficient (Wildman–Crippen LogP) is 5.40. The molecule has 1 aromatic carbocycles. The van der Waals surface area contributed by atoms with Gasteiger partial charge in [-0.15, -0.1) is 0 Å². The molecule has 24 heavy (non-hydrogen) atoms. The molecule has 2 aliphatic rings. The van der Waals surface area contributed by atoms with Crippen molar-refractivity contribution in [1.82, 2.24) is 0 Å². The Morgan fingerprint density at radius 1 is 0.625 bits per heavy atom. The fraction of sp³-hybridized carbons (Fsp3) is 0.667. The summed E-state index contributed by atoms with van der Waals surface area (Å²) in [6, 6.07) is 9.40. The summed E-state index contributed by atoms with van der Waals surface area (Å²) in [4.78, 5) is 0. The van der Waals surface area contributed by atoms with Gasteiger partial charge in [-0.1, -0.05) is 0 Å². The summed E-state index contributed by atoms with van der Waals surface area (Å²) in [6.07, 6.45) is 0. The van der Waals surface area contributed by atoms with Gasteiger partial charge in [-0.05, 0) is 0 Å². The Kier molecular flexibility index (Phi) is 3.55. The second-order valence-electron chi connectivity index (χ2n) is 8.56. The molecule has 1 spiro atoms. The molecular weight excluding hydrogens is 327 g/mol. The van der Waals surface area contributed by atoms with Gasteiger partial charge in [-0.25, -0.2) is 0 Å². The van der Waals surface area contributed by atoms with Crippen LogP contribution in [0, 0.1) is 0 Å². The molecule has 2 heterocycles. The molecule has 0 unspecified atom stereocenters. The first-order valence-corrected chi connectivity index (χ1v) is 10.2. The zero-order valence-corrected chi connectivity index (χ0v) is 16.8. The normalized spacial score (nSPS) is 32.1. The first kappa shape index (κ1) is 18.1. The molecule has 0 aliphatic carbocycles. The molecule has 0 radical (unpaired) electrons. The van der Waals surface area contributed by atoms with E-state index in [-0.39, 0.29) is 0 Å². The van der Waals surface area contributed by atoms with E-state index in [1.165, 1.54) is 0 Å². The van der Waals surface area contributed by atoms with Crippen molar-refractivity contribution in [3.05, 3.63) is 30.3 Å². The Morgan fingerprint density at radius 3 is 1.29 bits per heavy atom.